The van der Waals surface area contributed by atoms with Gasteiger partial charge < -0.3 is 20.2 Å². The number of carbonyl (C=O) groups excluding carboxylic acids is 1. The van der Waals surface area contributed by atoms with Gasteiger partial charge in [0.1, 0.15) is 5.82 Å². The number of rotatable bonds is 6. The van der Waals surface area contributed by atoms with Crippen LogP contribution in [0.15, 0.2) is 36.4 Å². The Morgan fingerprint density at radius 2 is 2.08 bits per heavy atom. The molecule has 0 aliphatic carbocycles. The van der Waals surface area contributed by atoms with E-state index >= 15 is 0 Å². The summed E-state index contributed by atoms with van der Waals surface area (Å²) in [4.78, 5) is 18.9. The van der Waals surface area contributed by atoms with Crippen LogP contribution in [0.5, 0.6) is 11.5 Å². The number of H-pyrrole nitrogens is 1. The van der Waals surface area contributed by atoms with E-state index in [1.807, 2.05) is 43.3 Å². The molecular weight excluding hydrogens is 421 g/mol. The molecule has 124 valence electrons. The summed E-state index contributed by atoms with van der Waals surface area (Å²) in [5, 5.41) is 0. The zero-order valence-corrected chi connectivity index (χ0v) is 15.2. The third-order valence-corrected chi connectivity index (χ3v) is 4.13. The number of hydrogen-bond donors (Lipinski definition) is 2. The fraction of sp³-hybridized carbons (Fsp3) is 0.176. The monoisotopic (exact) mass is 437 g/mol. The van der Waals surface area contributed by atoms with Gasteiger partial charge in [-0.25, -0.2) is 4.98 Å². The Morgan fingerprint density at radius 3 is 2.79 bits per heavy atom. The number of para-hydroxylation sites is 2. The lowest BCUT2D eigenvalue weighted by Crippen LogP contribution is -2.20. The number of fused-ring (bicyclic) bond motifs is 1. The number of amides is 1. The molecule has 0 spiro atoms. The molecule has 0 saturated carbocycles. The maximum absolute atomic E-state index is 11.0. The van der Waals surface area contributed by atoms with Crippen molar-refractivity contribution in [3.05, 3.63) is 40.0 Å². The molecule has 0 saturated heterocycles. The Hall–Kier alpha value is -2.29. The Morgan fingerprint density at radius 1 is 1.29 bits per heavy atom. The van der Waals surface area contributed by atoms with Crippen LogP contribution in [0.1, 0.15) is 6.92 Å². The number of hydrogen-bond acceptors (Lipinski definition) is 4. The van der Waals surface area contributed by atoms with Gasteiger partial charge in [0.25, 0.3) is 5.91 Å². The molecule has 1 aromatic heterocycles. The highest BCUT2D eigenvalue weighted by molar-refractivity contribution is 14.1. The summed E-state index contributed by atoms with van der Waals surface area (Å²) in [6.45, 7) is 2.17. The van der Waals surface area contributed by atoms with Gasteiger partial charge in [0, 0.05) is 5.56 Å². The van der Waals surface area contributed by atoms with Gasteiger partial charge in [-0.3, -0.25) is 4.79 Å². The van der Waals surface area contributed by atoms with Crippen LogP contribution in [-0.2, 0) is 4.79 Å². The predicted octanol–water partition coefficient (Wildman–Crippen LogP) is 3.10. The van der Waals surface area contributed by atoms with Gasteiger partial charge in [0.15, 0.2) is 18.1 Å². The lowest BCUT2D eigenvalue weighted by molar-refractivity contribution is -0.119. The minimum atomic E-state index is -0.533. The number of benzene rings is 2. The number of carbonyl (C=O) groups is 1. The van der Waals surface area contributed by atoms with Crippen LogP contribution < -0.4 is 15.2 Å². The number of primary amides is 1. The third kappa shape index (κ3) is 3.45. The lowest BCUT2D eigenvalue weighted by atomic mass is 10.2. The molecule has 3 N–H and O–H groups in total. The second-order valence-electron chi connectivity index (χ2n) is 5.08. The number of aromatic nitrogens is 2. The number of nitrogens with one attached hydrogen (secondary N) is 1. The maximum Gasteiger partial charge on any atom is 0.255 e. The van der Waals surface area contributed by atoms with Gasteiger partial charge in [0.05, 0.1) is 21.2 Å². The van der Waals surface area contributed by atoms with E-state index in [4.69, 9.17) is 15.2 Å². The number of ether oxygens (including phenoxy) is 2. The molecule has 2 aromatic carbocycles. The number of imidazole rings is 1. The van der Waals surface area contributed by atoms with Crippen molar-refractivity contribution in [2.45, 2.75) is 6.92 Å². The first-order valence-corrected chi connectivity index (χ1v) is 8.49. The van der Waals surface area contributed by atoms with Gasteiger partial charge in [-0.15, -0.1) is 0 Å². The first kappa shape index (κ1) is 16.6. The van der Waals surface area contributed by atoms with Crippen molar-refractivity contribution in [2.24, 2.45) is 5.73 Å². The van der Waals surface area contributed by atoms with E-state index in [1.54, 1.807) is 0 Å². The summed E-state index contributed by atoms with van der Waals surface area (Å²) < 4.78 is 12.0. The molecule has 3 aromatic rings. The number of halogens is 1. The largest absolute Gasteiger partial charge is 0.490 e. The molecule has 0 atom stereocenters. The van der Waals surface area contributed by atoms with Crippen LogP contribution in [0.4, 0.5) is 0 Å². The molecule has 1 heterocycles. The Labute approximate surface area is 152 Å². The molecule has 0 aliphatic heterocycles. The fourth-order valence-electron chi connectivity index (χ4n) is 2.34. The van der Waals surface area contributed by atoms with Crippen molar-refractivity contribution in [3.8, 4) is 22.9 Å². The summed E-state index contributed by atoms with van der Waals surface area (Å²) in [7, 11) is 0. The molecule has 6 nitrogen and oxygen atoms in total. The van der Waals surface area contributed by atoms with E-state index in [1.165, 1.54) is 0 Å². The maximum atomic E-state index is 11.0. The number of nitrogens with zero attached hydrogens (tertiary/aromatic N) is 1. The highest BCUT2D eigenvalue weighted by atomic mass is 127. The minimum absolute atomic E-state index is 0.194. The second kappa shape index (κ2) is 7.08. The van der Waals surface area contributed by atoms with E-state index in [2.05, 4.69) is 32.6 Å². The molecule has 3 rings (SSSR count). The van der Waals surface area contributed by atoms with Crippen LogP contribution in [-0.4, -0.2) is 29.1 Å². The summed E-state index contributed by atoms with van der Waals surface area (Å²) in [5.41, 5.74) is 7.90. The molecular formula is C17H16IN3O3. The average Bonchev–Trinajstić information content (AvgIpc) is 2.98. The quantitative estimate of drug-likeness (QED) is 0.580. The highest BCUT2D eigenvalue weighted by Gasteiger charge is 2.15. The Balaban J connectivity index is 2.03. The summed E-state index contributed by atoms with van der Waals surface area (Å²) in [6.07, 6.45) is 0. The molecule has 7 heteroatoms. The normalized spacial score (nSPS) is 10.8. The van der Waals surface area contributed by atoms with Gasteiger partial charge in [-0.05, 0) is 53.8 Å². The SMILES string of the molecule is CCOc1cc(-c2nc3ccccc3[nH]2)cc(I)c1OCC(N)=O. The van der Waals surface area contributed by atoms with Crippen LogP contribution in [0.3, 0.4) is 0 Å². The van der Waals surface area contributed by atoms with Crippen molar-refractivity contribution in [2.75, 3.05) is 13.2 Å². The van der Waals surface area contributed by atoms with E-state index in [0.717, 1.165) is 26.0 Å². The van der Waals surface area contributed by atoms with Crippen molar-refractivity contribution in [3.63, 3.8) is 0 Å². The van der Waals surface area contributed by atoms with Crippen molar-refractivity contribution in [1.82, 2.24) is 9.97 Å². The predicted molar refractivity (Wildman–Crippen MR) is 100 cm³/mol. The van der Waals surface area contributed by atoms with Crippen molar-refractivity contribution in [1.29, 1.82) is 0 Å². The molecule has 0 unspecified atom stereocenters. The molecule has 0 aliphatic rings. The molecule has 0 bridgehead atoms. The molecule has 0 radical (unpaired) electrons. The minimum Gasteiger partial charge on any atom is -0.490 e. The van der Waals surface area contributed by atoms with Gasteiger partial charge in [-0.1, -0.05) is 12.1 Å². The van der Waals surface area contributed by atoms with Gasteiger partial charge in [-0.2, -0.15) is 0 Å². The van der Waals surface area contributed by atoms with Crippen LogP contribution in [0.2, 0.25) is 0 Å². The number of aromatic amines is 1. The summed E-state index contributed by atoms with van der Waals surface area (Å²) >= 11 is 2.14. The Kier molecular flexibility index (Phi) is 4.89. The van der Waals surface area contributed by atoms with Gasteiger partial charge >= 0.3 is 0 Å². The Bertz CT molecular complexity index is 859. The molecule has 1 amide bonds. The summed E-state index contributed by atoms with van der Waals surface area (Å²) in [5.74, 6) is 1.28. The standard InChI is InChI=1S/C17H16IN3O3/c1-2-23-14-8-10(7-11(18)16(14)24-9-15(19)22)17-20-12-5-3-4-6-13(12)21-17/h3-8H,2,9H2,1H3,(H2,19,22)(H,20,21). The number of nitrogens with two attached hydrogens (primary N) is 1. The van der Waals surface area contributed by atoms with E-state index in [0.29, 0.717) is 18.1 Å². The third-order valence-electron chi connectivity index (χ3n) is 3.33. The van der Waals surface area contributed by atoms with E-state index in [-0.39, 0.29) is 6.61 Å². The van der Waals surface area contributed by atoms with Crippen molar-refractivity contribution < 1.29 is 14.3 Å². The first-order valence-electron chi connectivity index (χ1n) is 7.41. The first-order chi connectivity index (χ1) is 11.6. The van der Waals surface area contributed by atoms with E-state index in [9.17, 15) is 4.79 Å². The van der Waals surface area contributed by atoms with Crippen molar-refractivity contribution >= 4 is 39.5 Å². The van der Waals surface area contributed by atoms with Crippen LogP contribution in [0, 0.1) is 3.57 Å². The average molecular weight is 437 g/mol. The lowest BCUT2D eigenvalue weighted by Gasteiger charge is -2.14. The smallest absolute Gasteiger partial charge is 0.255 e. The summed E-state index contributed by atoms with van der Waals surface area (Å²) in [6, 6.07) is 11.6. The van der Waals surface area contributed by atoms with Gasteiger partial charge in [0.2, 0.25) is 0 Å². The zero-order valence-electron chi connectivity index (χ0n) is 13.0. The zero-order chi connectivity index (χ0) is 17.1. The fourth-order valence-corrected chi connectivity index (χ4v) is 3.10. The molecule has 24 heavy (non-hydrogen) atoms. The topological polar surface area (TPSA) is 90.2 Å². The van der Waals surface area contributed by atoms with Crippen LogP contribution >= 0.6 is 22.6 Å². The van der Waals surface area contributed by atoms with Crippen LogP contribution in [0.25, 0.3) is 22.4 Å². The second-order valence-corrected chi connectivity index (χ2v) is 6.24. The molecule has 0 fully saturated rings. The highest BCUT2D eigenvalue weighted by Crippen LogP contribution is 2.37. The van der Waals surface area contributed by atoms with E-state index < -0.39 is 5.91 Å².